The number of sulfone groups is 1. The Morgan fingerprint density at radius 2 is 1.84 bits per heavy atom. The van der Waals surface area contributed by atoms with Crippen LogP contribution in [-0.4, -0.2) is 37.4 Å². The molecule has 0 heterocycles. The molecule has 2 bridgehead atoms. The van der Waals surface area contributed by atoms with Gasteiger partial charge in [0.15, 0.2) is 21.4 Å². The van der Waals surface area contributed by atoms with E-state index in [-0.39, 0.29) is 33.1 Å². The smallest absolute Gasteiger partial charge is 0.255 e. The summed E-state index contributed by atoms with van der Waals surface area (Å²) in [5, 5.41) is 12.7. The predicted molar refractivity (Wildman–Crippen MR) is 119 cm³/mol. The fourth-order valence-electron chi connectivity index (χ4n) is 5.00. The van der Waals surface area contributed by atoms with E-state index >= 15 is 0 Å². The average Bonchev–Trinajstić information content (AvgIpc) is 2.92. The summed E-state index contributed by atoms with van der Waals surface area (Å²) >= 11 is 6.25. The minimum absolute atomic E-state index is 0.0232. The molecule has 0 aromatic heterocycles. The number of hydrogen-bond acceptors (Lipinski definition) is 5. The zero-order chi connectivity index (χ0) is 23.3. The zero-order valence-corrected chi connectivity index (χ0v) is 19.3. The van der Waals surface area contributed by atoms with Gasteiger partial charge in [-0.3, -0.25) is 4.79 Å². The van der Waals surface area contributed by atoms with Crippen LogP contribution in [0.25, 0.3) is 0 Å². The summed E-state index contributed by atoms with van der Waals surface area (Å²) in [7, 11) is -2.49. The van der Waals surface area contributed by atoms with Crippen molar-refractivity contribution >= 4 is 33.0 Å². The molecule has 2 aliphatic rings. The zero-order valence-electron chi connectivity index (χ0n) is 17.8. The van der Waals surface area contributed by atoms with Gasteiger partial charge in [-0.05, 0) is 74.8 Å². The van der Waals surface area contributed by atoms with Crippen LogP contribution in [0.2, 0.25) is 5.02 Å². The van der Waals surface area contributed by atoms with Gasteiger partial charge in [0.1, 0.15) is 0 Å². The molecule has 0 saturated heterocycles. The fraction of sp³-hybridized carbons (Fsp3) is 0.435. The maximum atomic E-state index is 13.6. The number of ether oxygens (including phenoxy) is 1. The van der Waals surface area contributed by atoms with Gasteiger partial charge in [0, 0.05) is 17.3 Å². The van der Waals surface area contributed by atoms with Crippen molar-refractivity contribution in [3.63, 3.8) is 0 Å². The lowest BCUT2D eigenvalue weighted by Gasteiger charge is -2.40. The van der Waals surface area contributed by atoms with Crippen LogP contribution in [0.15, 0.2) is 41.3 Å². The third kappa shape index (κ3) is 4.00. The van der Waals surface area contributed by atoms with Crippen LogP contribution in [0.1, 0.15) is 43.0 Å². The molecule has 2 aromatic rings. The lowest BCUT2D eigenvalue weighted by atomic mass is 9.76. The molecule has 4 atom stereocenters. The van der Waals surface area contributed by atoms with Gasteiger partial charge in [-0.25, -0.2) is 12.8 Å². The average molecular weight is 482 g/mol. The predicted octanol–water partition coefficient (Wildman–Crippen LogP) is 4.45. The molecular weight excluding hydrogens is 457 g/mol. The summed E-state index contributed by atoms with van der Waals surface area (Å²) in [6.45, 7) is 1.79. The van der Waals surface area contributed by atoms with E-state index in [1.807, 2.05) is 0 Å². The number of benzene rings is 2. The number of carbonyl (C=O) groups is 1. The first-order chi connectivity index (χ1) is 15.0. The number of nitrogens with one attached hydrogen (secondary N) is 1. The van der Waals surface area contributed by atoms with Crippen molar-refractivity contribution in [2.45, 2.75) is 48.4 Å². The Morgan fingerprint density at radius 3 is 2.47 bits per heavy atom. The van der Waals surface area contributed by atoms with Gasteiger partial charge in [-0.1, -0.05) is 11.6 Å². The van der Waals surface area contributed by atoms with E-state index in [2.05, 4.69) is 5.32 Å². The van der Waals surface area contributed by atoms with Crippen LogP contribution in [0.5, 0.6) is 5.75 Å². The maximum absolute atomic E-state index is 13.6. The topological polar surface area (TPSA) is 92.7 Å². The van der Waals surface area contributed by atoms with Crippen LogP contribution in [0.4, 0.5) is 10.1 Å². The Morgan fingerprint density at radius 1 is 1.19 bits per heavy atom. The third-order valence-corrected chi connectivity index (χ3v) is 9.61. The van der Waals surface area contributed by atoms with Gasteiger partial charge >= 0.3 is 0 Å². The molecule has 2 unspecified atom stereocenters. The molecule has 6 nitrogen and oxygen atoms in total. The molecule has 4 rings (SSSR count). The molecule has 1 amide bonds. The standard InChI is InChI=1S/C23H25ClFNO5S/c1-23(28)14-4-5-15(23)11-17(10-14)32(29,30)21-9-13(3-7-18(21)24)22(27)26-16-6-8-19(25)20(12-16)31-2/h3,6-9,12,14-15,17,28H,4-5,10-11H2,1-2H3,(H,26,27)/t14-,15?,17?,23-/m0/s1. The quantitative estimate of drug-likeness (QED) is 0.658. The molecule has 2 aliphatic carbocycles. The minimum Gasteiger partial charge on any atom is -0.494 e. The van der Waals surface area contributed by atoms with Crippen LogP contribution >= 0.6 is 11.6 Å². The summed E-state index contributed by atoms with van der Waals surface area (Å²) in [6.07, 6.45) is 2.35. The maximum Gasteiger partial charge on any atom is 0.255 e. The van der Waals surface area contributed by atoms with Crippen molar-refractivity contribution in [3.8, 4) is 5.75 Å². The Hall–Kier alpha value is -2.16. The Kier molecular flexibility index (Phi) is 5.98. The van der Waals surface area contributed by atoms with E-state index in [1.54, 1.807) is 6.92 Å². The number of halogens is 2. The summed E-state index contributed by atoms with van der Waals surface area (Å²) in [6, 6.07) is 7.99. The second-order valence-corrected chi connectivity index (χ2v) is 11.4. The first-order valence-electron chi connectivity index (χ1n) is 10.4. The van der Waals surface area contributed by atoms with Crippen molar-refractivity contribution < 1.29 is 27.4 Å². The number of carbonyl (C=O) groups excluding carboxylic acids is 1. The Bertz CT molecular complexity index is 1150. The number of fused-ring (bicyclic) bond motifs is 2. The normalized spacial score (nSPS) is 27.2. The van der Waals surface area contributed by atoms with E-state index in [0.717, 1.165) is 12.8 Å². The van der Waals surface area contributed by atoms with Crippen molar-refractivity contribution in [2.24, 2.45) is 11.8 Å². The highest BCUT2D eigenvalue weighted by atomic mass is 35.5. The van der Waals surface area contributed by atoms with Crippen LogP contribution in [0.3, 0.4) is 0 Å². The molecular formula is C23H25ClFNO5S. The summed E-state index contributed by atoms with van der Waals surface area (Å²) in [5.74, 6) is -1.28. The molecule has 2 N–H and O–H groups in total. The monoisotopic (exact) mass is 481 g/mol. The molecule has 2 fully saturated rings. The number of aliphatic hydroxyl groups is 1. The molecule has 0 aliphatic heterocycles. The molecule has 172 valence electrons. The lowest BCUT2D eigenvalue weighted by Crippen LogP contribution is -2.45. The van der Waals surface area contributed by atoms with Crippen molar-refractivity contribution in [1.82, 2.24) is 0 Å². The molecule has 2 saturated carbocycles. The molecule has 0 radical (unpaired) electrons. The highest BCUT2D eigenvalue weighted by Gasteiger charge is 2.53. The molecule has 32 heavy (non-hydrogen) atoms. The number of methoxy groups -OCH3 is 1. The van der Waals surface area contributed by atoms with Gasteiger partial charge in [0.05, 0.1) is 27.9 Å². The third-order valence-electron chi connectivity index (χ3n) is 6.96. The number of anilines is 1. The number of hydrogen-bond donors (Lipinski definition) is 2. The van der Waals surface area contributed by atoms with Gasteiger partial charge in [-0.15, -0.1) is 0 Å². The van der Waals surface area contributed by atoms with E-state index in [4.69, 9.17) is 16.3 Å². The largest absolute Gasteiger partial charge is 0.494 e. The Labute approximate surface area is 191 Å². The van der Waals surface area contributed by atoms with E-state index < -0.39 is 32.4 Å². The van der Waals surface area contributed by atoms with Gasteiger partial charge < -0.3 is 15.2 Å². The number of rotatable bonds is 5. The lowest BCUT2D eigenvalue weighted by molar-refractivity contribution is -0.0413. The minimum atomic E-state index is -3.81. The van der Waals surface area contributed by atoms with Crippen molar-refractivity contribution in [2.75, 3.05) is 12.4 Å². The summed E-state index contributed by atoms with van der Waals surface area (Å²) in [4.78, 5) is 12.7. The van der Waals surface area contributed by atoms with Gasteiger partial charge in [0.2, 0.25) is 0 Å². The molecule has 0 spiro atoms. The van der Waals surface area contributed by atoms with Crippen LogP contribution in [0, 0.1) is 17.7 Å². The van der Waals surface area contributed by atoms with E-state index in [9.17, 15) is 22.7 Å². The first kappa shape index (κ1) is 23.0. The van der Waals surface area contributed by atoms with E-state index in [0.29, 0.717) is 18.5 Å². The van der Waals surface area contributed by atoms with E-state index in [1.165, 1.54) is 43.5 Å². The second-order valence-electron chi connectivity index (χ2n) is 8.78. The summed E-state index contributed by atoms with van der Waals surface area (Å²) in [5.41, 5.74) is -0.422. The Balaban J connectivity index is 1.59. The van der Waals surface area contributed by atoms with Crippen LogP contribution < -0.4 is 10.1 Å². The SMILES string of the molecule is COc1cc(NC(=O)c2ccc(Cl)c(S(=O)(=O)C3CC4CC[C@@H](C3)[C@]4(C)O)c2)ccc1F. The van der Waals surface area contributed by atoms with Crippen molar-refractivity contribution in [1.29, 1.82) is 0 Å². The number of amides is 1. The van der Waals surface area contributed by atoms with Gasteiger partial charge in [0.25, 0.3) is 5.91 Å². The first-order valence-corrected chi connectivity index (χ1v) is 12.4. The highest BCUT2D eigenvalue weighted by Crippen LogP contribution is 2.51. The highest BCUT2D eigenvalue weighted by molar-refractivity contribution is 7.92. The summed E-state index contributed by atoms with van der Waals surface area (Å²) < 4.78 is 45.4. The second kappa shape index (κ2) is 8.32. The van der Waals surface area contributed by atoms with Gasteiger partial charge in [-0.2, -0.15) is 0 Å². The molecule has 9 heteroatoms. The fourth-order valence-corrected chi connectivity index (χ4v) is 7.40. The van der Waals surface area contributed by atoms with Crippen molar-refractivity contribution in [3.05, 3.63) is 52.8 Å². The molecule has 2 aromatic carbocycles. The van der Waals surface area contributed by atoms with Crippen LogP contribution in [-0.2, 0) is 9.84 Å².